The summed E-state index contributed by atoms with van der Waals surface area (Å²) in [6, 6.07) is 49.4. The van der Waals surface area contributed by atoms with Crippen molar-refractivity contribution in [3.63, 3.8) is 0 Å². The molecule has 202 valence electrons. The lowest BCUT2D eigenvalue weighted by molar-refractivity contribution is 0.685. The molecule has 0 radical (unpaired) electrons. The smallest absolute Gasteiger partial charge is 0.0540 e. The lowest BCUT2D eigenvalue weighted by Gasteiger charge is -2.30. The van der Waals surface area contributed by atoms with Crippen LogP contribution in [0.15, 0.2) is 133 Å². The zero-order valence-electron chi connectivity index (χ0n) is 24.0. The Labute approximate surface area is 247 Å². The predicted octanol–water partition coefficient (Wildman–Crippen LogP) is 11.5. The minimum Gasteiger partial charge on any atom is -0.310 e. The summed E-state index contributed by atoms with van der Waals surface area (Å²) in [5.74, 6) is 0. The first-order chi connectivity index (χ1) is 20.7. The zero-order chi connectivity index (χ0) is 28.0. The Kier molecular flexibility index (Phi) is 6.04. The molecule has 1 nitrogen and oxygen atoms in total. The summed E-state index contributed by atoms with van der Waals surface area (Å²) in [7, 11) is 0. The molecule has 0 amide bonds. The molecule has 42 heavy (non-hydrogen) atoms. The highest BCUT2D eigenvalue weighted by Crippen LogP contribution is 2.43. The van der Waals surface area contributed by atoms with E-state index >= 15 is 0 Å². The number of rotatable bonds is 4. The van der Waals surface area contributed by atoms with Gasteiger partial charge in [-0.15, -0.1) is 0 Å². The average molecular weight is 540 g/mol. The third-order valence-electron chi connectivity index (χ3n) is 9.11. The standard InChI is InChI=1S/C41H33N/c1-28-25-31-12-2-3-13-32(31)27-41(28)42(40-20-10-15-29-11-4-7-17-36(29)40)34-23-21-30(22-24-34)39-26-33-14-5-6-16-35(33)37-18-8-9-19-38(37)39/h4-11,14-27H,2-3,12-13H2,1H3. The molecular formula is C41H33N. The molecular weight excluding hydrogens is 506 g/mol. The van der Waals surface area contributed by atoms with Gasteiger partial charge in [0.05, 0.1) is 5.69 Å². The topological polar surface area (TPSA) is 3.24 Å². The summed E-state index contributed by atoms with van der Waals surface area (Å²) in [6.07, 6.45) is 4.93. The van der Waals surface area contributed by atoms with Crippen molar-refractivity contribution in [1.29, 1.82) is 0 Å². The van der Waals surface area contributed by atoms with Gasteiger partial charge in [-0.05, 0) is 118 Å². The Morgan fingerprint density at radius 3 is 1.88 bits per heavy atom. The van der Waals surface area contributed by atoms with E-state index in [0.29, 0.717) is 0 Å². The number of benzene rings is 7. The molecule has 0 heterocycles. The van der Waals surface area contributed by atoms with E-state index in [4.69, 9.17) is 0 Å². The lowest BCUT2D eigenvalue weighted by Crippen LogP contribution is -2.14. The summed E-state index contributed by atoms with van der Waals surface area (Å²) in [5.41, 5.74) is 10.5. The van der Waals surface area contributed by atoms with Crippen molar-refractivity contribution >= 4 is 49.4 Å². The van der Waals surface area contributed by atoms with Gasteiger partial charge in [-0.2, -0.15) is 0 Å². The Morgan fingerprint density at radius 2 is 1.10 bits per heavy atom. The molecule has 7 aromatic carbocycles. The van der Waals surface area contributed by atoms with Crippen LogP contribution in [0.2, 0.25) is 0 Å². The minimum atomic E-state index is 1.17. The van der Waals surface area contributed by atoms with Gasteiger partial charge >= 0.3 is 0 Å². The normalized spacial score (nSPS) is 13.0. The van der Waals surface area contributed by atoms with E-state index in [1.165, 1.54) is 103 Å². The molecule has 0 saturated heterocycles. The molecule has 0 N–H and O–H groups in total. The van der Waals surface area contributed by atoms with E-state index < -0.39 is 0 Å². The Balaban J connectivity index is 1.31. The molecule has 0 spiro atoms. The van der Waals surface area contributed by atoms with Crippen LogP contribution in [0.1, 0.15) is 29.5 Å². The fraction of sp³-hybridized carbons (Fsp3) is 0.122. The molecule has 0 unspecified atom stereocenters. The highest BCUT2D eigenvalue weighted by molar-refractivity contribution is 6.13. The van der Waals surface area contributed by atoms with E-state index in [0.717, 1.165) is 0 Å². The molecule has 0 aliphatic heterocycles. The number of hydrogen-bond donors (Lipinski definition) is 0. The van der Waals surface area contributed by atoms with Crippen LogP contribution in [-0.4, -0.2) is 0 Å². The molecule has 1 aliphatic rings. The largest absolute Gasteiger partial charge is 0.310 e. The number of nitrogens with zero attached hydrogens (tertiary/aromatic N) is 1. The van der Waals surface area contributed by atoms with Gasteiger partial charge < -0.3 is 4.90 Å². The van der Waals surface area contributed by atoms with E-state index in [9.17, 15) is 0 Å². The molecule has 0 saturated carbocycles. The Morgan fingerprint density at radius 1 is 0.476 bits per heavy atom. The number of anilines is 3. The third-order valence-corrected chi connectivity index (χ3v) is 9.11. The van der Waals surface area contributed by atoms with Crippen molar-refractivity contribution in [1.82, 2.24) is 0 Å². The van der Waals surface area contributed by atoms with Crippen LogP contribution < -0.4 is 4.90 Å². The summed E-state index contributed by atoms with van der Waals surface area (Å²) in [5, 5.41) is 7.70. The zero-order valence-corrected chi connectivity index (χ0v) is 24.0. The van der Waals surface area contributed by atoms with Gasteiger partial charge in [0.25, 0.3) is 0 Å². The SMILES string of the molecule is Cc1cc2c(cc1N(c1ccc(-c3cc4ccccc4c4ccccc34)cc1)c1cccc3ccccc13)CCCC2. The van der Waals surface area contributed by atoms with E-state index in [2.05, 4.69) is 145 Å². The van der Waals surface area contributed by atoms with Gasteiger partial charge in [0, 0.05) is 16.8 Å². The molecule has 0 bridgehead atoms. The molecule has 7 aromatic rings. The van der Waals surface area contributed by atoms with E-state index in [-0.39, 0.29) is 0 Å². The maximum Gasteiger partial charge on any atom is 0.0540 e. The maximum atomic E-state index is 2.48. The maximum absolute atomic E-state index is 2.48. The van der Waals surface area contributed by atoms with Gasteiger partial charge in [-0.1, -0.05) is 103 Å². The van der Waals surface area contributed by atoms with Gasteiger partial charge in [0.15, 0.2) is 0 Å². The predicted molar refractivity (Wildman–Crippen MR) is 180 cm³/mol. The van der Waals surface area contributed by atoms with Crippen LogP contribution in [0.3, 0.4) is 0 Å². The molecule has 0 aromatic heterocycles. The summed E-state index contributed by atoms with van der Waals surface area (Å²) in [6.45, 7) is 2.28. The highest BCUT2D eigenvalue weighted by atomic mass is 15.1. The van der Waals surface area contributed by atoms with E-state index in [1.54, 1.807) is 0 Å². The first kappa shape index (κ1) is 24.9. The number of fused-ring (bicyclic) bond motifs is 5. The fourth-order valence-corrected chi connectivity index (χ4v) is 7.03. The quantitative estimate of drug-likeness (QED) is 0.201. The molecule has 0 atom stereocenters. The molecule has 1 heteroatoms. The van der Waals surface area contributed by atoms with Gasteiger partial charge in [-0.3, -0.25) is 0 Å². The lowest BCUT2D eigenvalue weighted by atomic mass is 9.89. The van der Waals surface area contributed by atoms with E-state index in [1.807, 2.05) is 0 Å². The Bertz CT molecular complexity index is 2100. The third kappa shape index (κ3) is 4.16. The van der Waals surface area contributed by atoms with Crippen LogP contribution in [-0.2, 0) is 12.8 Å². The van der Waals surface area contributed by atoms with Crippen LogP contribution in [0.25, 0.3) is 43.4 Å². The van der Waals surface area contributed by atoms with Crippen molar-refractivity contribution in [3.05, 3.63) is 150 Å². The first-order valence-corrected chi connectivity index (χ1v) is 15.2. The second kappa shape index (κ2) is 10.2. The monoisotopic (exact) mass is 539 g/mol. The summed E-state index contributed by atoms with van der Waals surface area (Å²) >= 11 is 0. The molecule has 8 rings (SSSR count). The van der Waals surface area contributed by atoms with Crippen molar-refractivity contribution in [2.75, 3.05) is 4.90 Å². The minimum absolute atomic E-state index is 1.17. The summed E-state index contributed by atoms with van der Waals surface area (Å²) in [4.78, 5) is 2.48. The van der Waals surface area contributed by atoms with Gasteiger partial charge in [-0.25, -0.2) is 0 Å². The van der Waals surface area contributed by atoms with Crippen molar-refractivity contribution in [3.8, 4) is 11.1 Å². The van der Waals surface area contributed by atoms with Crippen LogP contribution >= 0.6 is 0 Å². The molecule has 0 fully saturated rings. The Hall–Kier alpha value is -4.88. The second-order valence-corrected chi connectivity index (χ2v) is 11.7. The van der Waals surface area contributed by atoms with Gasteiger partial charge in [0.2, 0.25) is 0 Å². The van der Waals surface area contributed by atoms with Crippen LogP contribution in [0.4, 0.5) is 17.1 Å². The van der Waals surface area contributed by atoms with Crippen molar-refractivity contribution in [2.45, 2.75) is 32.6 Å². The number of hydrogen-bond acceptors (Lipinski definition) is 1. The first-order valence-electron chi connectivity index (χ1n) is 15.2. The average Bonchev–Trinajstić information content (AvgIpc) is 3.05. The second-order valence-electron chi connectivity index (χ2n) is 11.7. The van der Waals surface area contributed by atoms with Gasteiger partial charge in [0.1, 0.15) is 0 Å². The van der Waals surface area contributed by atoms with Crippen molar-refractivity contribution < 1.29 is 0 Å². The van der Waals surface area contributed by atoms with Crippen molar-refractivity contribution in [2.24, 2.45) is 0 Å². The summed E-state index contributed by atoms with van der Waals surface area (Å²) < 4.78 is 0. The van der Waals surface area contributed by atoms with Crippen LogP contribution in [0, 0.1) is 6.92 Å². The number of aryl methyl sites for hydroxylation is 3. The molecule has 1 aliphatic carbocycles. The van der Waals surface area contributed by atoms with Crippen LogP contribution in [0.5, 0.6) is 0 Å². The highest BCUT2D eigenvalue weighted by Gasteiger charge is 2.20. The fourth-order valence-electron chi connectivity index (χ4n) is 7.03.